The van der Waals surface area contributed by atoms with Crippen LogP contribution in [-0.4, -0.2) is 19.3 Å². The molecule has 1 N–H and O–H groups in total. The predicted molar refractivity (Wildman–Crippen MR) is 82.8 cm³/mol. The number of ether oxygens (including phenoxy) is 2. The molecule has 3 nitrogen and oxygen atoms in total. The highest BCUT2D eigenvalue weighted by atomic mass is 127. The fourth-order valence-corrected chi connectivity index (χ4v) is 2.55. The van der Waals surface area contributed by atoms with Crippen molar-refractivity contribution in [2.45, 2.75) is 6.10 Å². The highest BCUT2D eigenvalue weighted by molar-refractivity contribution is 14.1. The number of aliphatic hydroxyl groups is 1. The Hall–Kier alpha value is -1.27. The third-order valence-electron chi connectivity index (χ3n) is 2.89. The van der Waals surface area contributed by atoms with Crippen LogP contribution in [0, 0.1) is 3.57 Å². The summed E-state index contributed by atoms with van der Waals surface area (Å²) in [6.45, 7) is 0. The molecule has 100 valence electrons. The van der Waals surface area contributed by atoms with Gasteiger partial charge < -0.3 is 14.6 Å². The van der Waals surface area contributed by atoms with E-state index in [0.717, 1.165) is 14.7 Å². The van der Waals surface area contributed by atoms with E-state index in [1.807, 2.05) is 36.4 Å². The van der Waals surface area contributed by atoms with Crippen molar-refractivity contribution < 1.29 is 14.6 Å². The largest absolute Gasteiger partial charge is 0.497 e. The standard InChI is InChI=1S/C15H15IO3/c1-18-11-7-10(8-12(9-11)19-2)15(17)13-5-3-4-6-14(13)16/h3-9,15,17H,1-2H3. The molecule has 0 heterocycles. The summed E-state index contributed by atoms with van der Waals surface area (Å²) in [6, 6.07) is 13.2. The number of methoxy groups -OCH3 is 2. The molecular weight excluding hydrogens is 355 g/mol. The number of aliphatic hydroxyl groups excluding tert-OH is 1. The van der Waals surface area contributed by atoms with Crippen LogP contribution >= 0.6 is 22.6 Å². The third-order valence-corrected chi connectivity index (χ3v) is 3.87. The highest BCUT2D eigenvalue weighted by Crippen LogP contribution is 2.31. The van der Waals surface area contributed by atoms with Crippen LogP contribution in [-0.2, 0) is 0 Å². The molecule has 0 spiro atoms. The number of benzene rings is 2. The van der Waals surface area contributed by atoms with Gasteiger partial charge in [0.15, 0.2) is 0 Å². The summed E-state index contributed by atoms with van der Waals surface area (Å²) in [5, 5.41) is 10.5. The molecule has 19 heavy (non-hydrogen) atoms. The average molecular weight is 370 g/mol. The second-order valence-electron chi connectivity index (χ2n) is 4.07. The first-order chi connectivity index (χ1) is 9.15. The topological polar surface area (TPSA) is 38.7 Å². The zero-order chi connectivity index (χ0) is 13.8. The highest BCUT2D eigenvalue weighted by Gasteiger charge is 2.15. The Morgan fingerprint density at radius 2 is 1.58 bits per heavy atom. The Balaban J connectivity index is 2.43. The lowest BCUT2D eigenvalue weighted by Crippen LogP contribution is -2.03. The second kappa shape index (κ2) is 6.25. The molecule has 0 aliphatic heterocycles. The summed E-state index contributed by atoms with van der Waals surface area (Å²) in [5.41, 5.74) is 1.62. The number of rotatable bonds is 4. The van der Waals surface area contributed by atoms with Gasteiger partial charge in [0.05, 0.1) is 14.2 Å². The lowest BCUT2D eigenvalue weighted by atomic mass is 10.0. The lowest BCUT2D eigenvalue weighted by molar-refractivity contribution is 0.218. The van der Waals surface area contributed by atoms with E-state index in [9.17, 15) is 5.11 Å². The molecule has 2 aromatic carbocycles. The van der Waals surface area contributed by atoms with E-state index in [0.29, 0.717) is 11.5 Å². The monoisotopic (exact) mass is 370 g/mol. The molecule has 0 fully saturated rings. The molecule has 0 amide bonds. The van der Waals surface area contributed by atoms with Crippen LogP contribution < -0.4 is 9.47 Å². The Labute approximate surface area is 126 Å². The summed E-state index contributed by atoms with van der Waals surface area (Å²) in [7, 11) is 3.19. The van der Waals surface area contributed by atoms with Gasteiger partial charge >= 0.3 is 0 Å². The van der Waals surface area contributed by atoms with Gasteiger partial charge in [-0.3, -0.25) is 0 Å². The smallest absolute Gasteiger partial charge is 0.122 e. The average Bonchev–Trinajstić information content (AvgIpc) is 2.46. The van der Waals surface area contributed by atoms with Gasteiger partial charge in [-0.1, -0.05) is 18.2 Å². The first-order valence-electron chi connectivity index (χ1n) is 5.81. The van der Waals surface area contributed by atoms with Crippen LogP contribution in [0.2, 0.25) is 0 Å². The van der Waals surface area contributed by atoms with Crippen molar-refractivity contribution in [3.63, 3.8) is 0 Å². The fourth-order valence-electron chi connectivity index (χ4n) is 1.86. The third kappa shape index (κ3) is 3.19. The van der Waals surface area contributed by atoms with Gasteiger partial charge in [0.2, 0.25) is 0 Å². The number of hydrogen-bond donors (Lipinski definition) is 1. The Bertz CT molecular complexity index is 547. The minimum atomic E-state index is -0.697. The van der Waals surface area contributed by atoms with E-state index in [2.05, 4.69) is 22.6 Å². The Morgan fingerprint density at radius 1 is 1.00 bits per heavy atom. The zero-order valence-corrected chi connectivity index (χ0v) is 12.9. The van der Waals surface area contributed by atoms with Gasteiger partial charge in [0, 0.05) is 9.64 Å². The number of hydrogen-bond acceptors (Lipinski definition) is 3. The first-order valence-corrected chi connectivity index (χ1v) is 6.89. The van der Waals surface area contributed by atoms with Crippen molar-refractivity contribution in [2.24, 2.45) is 0 Å². The van der Waals surface area contributed by atoms with Crippen molar-refractivity contribution in [3.8, 4) is 11.5 Å². The summed E-state index contributed by atoms with van der Waals surface area (Å²) < 4.78 is 11.5. The fraction of sp³-hybridized carbons (Fsp3) is 0.200. The van der Waals surface area contributed by atoms with Gasteiger partial charge in [0.1, 0.15) is 17.6 Å². The Kier molecular flexibility index (Phi) is 4.66. The lowest BCUT2D eigenvalue weighted by Gasteiger charge is -2.15. The molecule has 1 unspecified atom stereocenters. The molecule has 2 rings (SSSR count). The van der Waals surface area contributed by atoms with Crippen molar-refractivity contribution in [3.05, 3.63) is 57.2 Å². The minimum Gasteiger partial charge on any atom is -0.497 e. The predicted octanol–water partition coefficient (Wildman–Crippen LogP) is 3.39. The van der Waals surface area contributed by atoms with Gasteiger partial charge in [-0.25, -0.2) is 0 Å². The van der Waals surface area contributed by atoms with E-state index < -0.39 is 6.10 Å². The normalized spacial score (nSPS) is 12.0. The van der Waals surface area contributed by atoms with Crippen LogP contribution in [0.3, 0.4) is 0 Å². The molecule has 0 radical (unpaired) electrons. The molecule has 0 bridgehead atoms. The molecule has 0 aromatic heterocycles. The summed E-state index contributed by atoms with van der Waals surface area (Å²) in [4.78, 5) is 0. The van der Waals surface area contributed by atoms with Gasteiger partial charge in [-0.05, 0) is 51.9 Å². The maximum Gasteiger partial charge on any atom is 0.122 e. The van der Waals surface area contributed by atoms with Crippen LogP contribution in [0.15, 0.2) is 42.5 Å². The van der Waals surface area contributed by atoms with Gasteiger partial charge in [-0.15, -0.1) is 0 Å². The van der Waals surface area contributed by atoms with Gasteiger partial charge in [-0.2, -0.15) is 0 Å². The molecule has 1 atom stereocenters. The second-order valence-corrected chi connectivity index (χ2v) is 5.23. The zero-order valence-electron chi connectivity index (χ0n) is 10.8. The molecule has 2 aromatic rings. The van der Waals surface area contributed by atoms with Crippen LogP contribution in [0.1, 0.15) is 17.2 Å². The van der Waals surface area contributed by atoms with Crippen molar-refractivity contribution in [2.75, 3.05) is 14.2 Å². The van der Waals surface area contributed by atoms with Crippen molar-refractivity contribution >= 4 is 22.6 Å². The van der Waals surface area contributed by atoms with E-state index >= 15 is 0 Å². The molecule has 0 saturated heterocycles. The minimum absolute atomic E-state index is 0.666. The maximum absolute atomic E-state index is 10.5. The van der Waals surface area contributed by atoms with Crippen LogP contribution in [0.25, 0.3) is 0 Å². The molecule has 4 heteroatoms. The van der Waals surface area contributed by atoms with E-state index in [-0.39, 0.29) is 0 Å². The van der Waals surface area contributed by atoms with E-state index in [1.54, 1.807) is 20.3 Å². The van der Waals surface area contributed by atoms with E-state index in [4.69, 9.17) is 9.47 Å². The molecule has 0 saturated carbocycles. The van der Waals surface area contributed by atoms with Crippen LogP contribution in [0.5, 0.6) is 11.5 Å². The molecule has 0 aliphatic carbocycles. The summed E-state index contributed by atoms with van der Waals surface area (Å²) >= 11 is 2.22. The SMILES string of the molecule is COc1cc(OC)cc(C(O)c2ccccc2I)c1. The van der Waals surface area contributed by atoms with E-state index in [1.165, 1.54) is 0 Å². The maximum atomic E-state index is 10.5. The molecular formula is C15H15IO3. The van der Waals surface area contributed by atoms with Crippen LogP contribution in [0.4, 0.5) is 0 Å². The Morgan fingerprint density at radius 3 is 2.11 bits per heavy atom. The number of halogens is 1. The quantitative estimate of drug-likeness (QED) is 0.839. The summed E-state index contributed by atoms with van der Waals surface area (Å²) in [6.07, 6.45) is -0.697. The van der Waals surface area contributed by atoms with Gasteiger partial charge in [0.25, 0.3) is 0 Å². The van der Waals surface area contributed by atoms with Crippen molar-refractivity contribution in [1.82, 2.24) is 0 Å². The first kappa shape index (κ1) is 14.1. The molecule has 0 aliphatic rings. The summed E-state index contributed by atoms with van der Waals surface area (Å²) in [5.74, 6) is 1.33. The van der Waals surface area contributed by atoms with Crippen molar-refractivity contribution in [1.29, 1.82) is 0 Å².